The largest absolute Gasteiger partial charge is 0.494 e. The van der Waals surface area contributed by atoms with Crippen molar-refractivity contribution in [2.24, 2.45) is 0 Å². The molecule has 0 amide bonds. The SMILES string of the molecule is C=CC(=O)OCCCCOc1ccc(C(=O)Oc2c(F)c(F)c(OC(=O)c3ccc(OCCCCOC(=O)C=C)cc3)c(F)c2F)cc1. The Hall–Kier alpha value is -5.66. The molecule has 0 fully saturated rings. The maximum Gasteiger partial charge on any atom is 0.343 e. The molecule has 0 heterocycles. The minimum Gasteiger partial charge on any atom is -0.494 e. The zero-order valence-electron chi connectivity index (χ0n) is 25.4. The van der Waals surface area contributed by atoms with Crippen LogP contribution < -0.4 is 18.9 Å². The van der Waals surface area contributed by atoms with Gasteiger partial charge in [-0.25, -0.2) is 19.2 Å². The van der Waals surface area contributed by atoms with Crippen LogP contribution in [-0.4, -0.2) is 50.3 Å². The first-order chi connectivity index (χ1) is 23.0. The zero-order valence-corrected chi connectivity index (χ0v) is 25.4. The van der Waals surface area contributed by atoms with Gasteiger partial charge in [-0.05, 0) is 74.2 Å². The lowest BCUT2D eigenvalue weighted by atomic mass is 10.2. The van der Waals surface area contributed by atoms with Gasteiger partial charge in [0.25, 0.3) is 0 Å². The topological polar surface area (TPSA) is 124 Å². The van der Waals surface area contributed by atoms with E-state index in [4.69, 9.17) is 18.9 Å². The summed E-state index contributed by atoms with van der Waals surface area (Å²) in [5, 5.41) is 0. The zero-order chi connectivity index (χ0) is 35.1. The molecule has 0 unspecified atom stereocenters. The van der Waals surface area contributed by atoms with E-state index in [-0.39, 0.29) is 37.6 Å². The first kappa shape index (κ1) is 36.8. The van der Waals surface area contributed by atoms with Crippen LogP contribution >= 0.6 is 0 Å². The molecular formula is C34H30F4O10. The van der Waals surface area contributed by atoms with Gasteiger partial charge in [-0.1, -0.05) is 13.2 Å². The fourth-order valence-corrected chi connectivity index (χ4v) is 3.70. The van der Waals surface area contributed by atoms with E-state index in [1.54, 1.807) is 0 Å². The first-order valence-electron chi connectivity index (χ1n) is 14.4. The van der Waals surface area contributed by atoms with Gasteiger partial charge in [0, 0.05) is 12.2 Å². The Balaban J connectivity index is 1.55. The van der Waals surface area contributed by atoms with Crippen molar-refractivity contribution in [3.8, 4) is 23.0 Å². The highest BCUT2D eigenvalue weighted by molar-refractivity contribution is 5.92. The van der Waals surface area contributed by atoms with Crippen molar-refractivity contribution in [1.29, 1.82) is 0 Å². The molecule has 0 atom stereocenters. The van der Waals surface area contributed by atoms with Gasteiger partial charge in [0.05, 0.1) is 37.6 Å². The second-order valence-electron chi connectivity index (χ2n) is 9.60. The van der Waals surface area contributed by atoms with Gasteiger partial charge >= 0.3 is 23.9 Å². The summed E-state index contributed by atoms with van der Waals surface area (Å²) >= 11 is 0. The Labute approximate surface area is 272 Å². The van der Waals surface area contributed by atoms with Crippen molar-refractivity contribution < 1.29 is 65.2 Å². The molecule has 3 rings (SSSR count). The van der Waals surface area contributed by atoms with E-state index in [9.17, 15) is 36.7 Å². The average molecular weight is 675 g/mol. The smallest absolute Gasteiger partial charge is 0.343 e. The van der Waals surface area contributed by atoms with Gasteiger partial charge in [0.2, 0.25) is 34.8 Å². The minimum atomic E-state index is -2.10. The van der Waals surface area contributed by atoms with E-state index in [0.717, 1.165) is 12.2 Å². The van der Waals surface area contributed by atoms with Crippen LogP contribution in [0.1, 0.15) is 46.4 Å². The lowest BCUT2D eigenvalue weighted by Gasteiger charge is -2.13. The van der Waals surface area contributed by atoms with Crippen molar-refractivity contribution in [2.75, 3.05) is 26.4 Å². The molecule has 0 aliphatic carbocycles. The molecule has 254 valence electrons. The molecule has 48 heavy (non-hydrogen) atoms. The van der Waals surface area contributed by atoms with Crippen LogP contribution in [0.15, 0.2) is 73.8 Å². The Morgan fingerprint density at radius 1 is 0.521 bits per heavy atom. The Morgan fingerprint density at radius 2 is 0.833 bits per heavy atom. The maximum absolute atomic E-state index is 14.7. The van der Waals surface area contributed by atoms with Crippen molar-refractivity contribution in [1.82, 2.24) is 0 Å². The van der Waals surface area contributed by atoms with Crippen LogP contribution in [0.25, 0.3) is 0 Å². The van der Waals surface area contributed by atoms with Gasteiger partial charge in [-0.2, -0.15) is 17.6 Å². The minimum absolute atomic E-state index is 0.183. The number of esters is 4. The summed E-state index contributed by atoms with van der Waals surface area (Å²) in [6.07, 6.45) is 4.22. The number of unbranched alkanes of at least 4 members (excludes halogenated alkanes) is 2. The highest BCUT2D eigenvalue weighted by Gasteiger charge is 2.31. The van der Waals surface area contributed by atoms with Crippen molar-refractivity contribution in [3.63, 3.8) is 0 Å². The summed E-state index contributed by atoms with van der Waals surface area (Å²) in [6, 6.07) is 10.2. The van der Waals surface area contributed by atoms with Crippen LogP contribution in [0.2, 0.25) is 0 Å². The number of hydrogen-bond donors (Lipinski definition) is 0. The summed E-state index contributed by atoms with van der Waals surface area (Å²) in [5.41, 5.74) is -0.453. The predicted octanol–water partition coefficient (Wildman–Crippen LogP) is 6.46. The van der Waals surface area contributed by atoms with Crippen LogP contribution in [0.5, 0.6) is 23.0 Å². The molecule has 10 nitrogen and oxygen atoms in total. The monoisotopic (exact) mass is 674 g/mol. The van der Waals surface area contributed by atoms with E-state index in [1.807, 2.05) is 0 Å². The van der Waals surface area contributed by atoms with Gasteiger partial charge in [-0.15, -0.1) is 0 Å². The molecule has 14 heteroatoms. The molecule has 0 spiro atoms. The maximum atomic E-state index is 14.7. The summed E-state index contributed by atoms with van der Waals surface area (Å²) in [5.74, 6) is -14.9. The fourth-order valence-electron chi connectivity index (χ4n) is 3.70. The molecule has 0 bridgehead atoms. The van der Waals surface area contributed by atoms with Gasteiger partial charge in [-0.3, -0.25) is 0 Å². The molecule has 0 radical (unpaired) electrons. The third-order valence-corrected chi connectivity index (χ3v) is 6.19. The quantitative estimate of drug-likeness (QED) is 0.0371. The standard InChI is InChI=1S/C34H30F4O10/c1-3-25(39)45-19-7-5-17-43-23-13-9-21(10-14-23)33(41)47-31-27(35)29(37)32(30(38)28(31)36)48-34(42)22-11-15-24(16-12-22)44-18-6-8-20-46-26(40)4-2/h3-4,9-16H,1-2,5-8,17-20H2. The predicted molar refractivity (Wildman–Crippen MR) is 161 cm³/mol. The highest BCUT2D eigenvalue weighted by Crippen LogP contribution is 2.35. The molecule has 0 N–H and O–H groups in total. The molecule has 0 aliphatic rings. The van der Waals surface area contributed by atoms with E-state index in [2.05, 4.69) is 22.6 Å². The molecule has 3 aromatic carbocycles. The van der Waals surface area contributed by atoms with Gasteiger partial charge < -0.3 is 28.4 Å². The van der Waals surface area contributed by atoms with E-state index >= 15 is 0 Å². The number of ether oxygens (including phenoxy) is 6. The van der Waals surface area contributed by atoms with Crippen molar-refractivity contribution in [3.05, 3.63) is 108 Å². The lowest BCUT2D eigenvalue weighted by Crippen LogP contribution is -2.16. The number of hydrogen-bond acceptors (Lipinski definition) is 10. The van der Waals surface area contributed by atoms with Crippen molar-refractivity contribution in [2.45, 2.75) is 25.7 Å². The summed E-state index contributed by atoms with van der Waals surface area (Å²) < 4.78 is 88.8. The van der Waals surface area contributed by atoms with Crippen LogP contribution in [0, 0.1) is 23.3 Å². The number of carbonyl (C=O) groups is 4. The summed E-state index contributed by atoms with van der Waals surface area (Å²) in [4.78, 5) is 46.9. The number of rotatable bonds is 18. The molecule has 0 aliphatic heterocycles. The fraction of sp³-hybridized carbons (Fsp3) is 0.235. The average Bonchev–Trinajstić information content (AvgIpc) is 3.10. The van der Waals surface area contributed by atoms with Gasteiger partial charge in [0.1, 0.15) is 11.5 Å². The third kappa shape index (κ3) is 10.7. The second-order valence-corrected chi connectivity index (χ2v) is 9.60. The summed E-state index contributed by atoms with van der Waals surface area (Å²) in [6.45, 7) is 7.43. The van der Waals surface area contributed by atoms with E-state index in [1.165, 1.54) is 48.5 Å². The van der Waals surface area contributed by atoms with Crippen LogP contribution in [0.3, 0.4) is 0 Å². The third-order valence-electron chi connectivity index (χ3n) is 6.19. The number of benzene rings is 3. The van der Waals surface area contributed by atoms with E-state index < -0.39 is 58.6 Å². The Morgan fingerprint density at radius 3 is 1.15 bits per heavy atom. The lowest BCUT2D eigenvalue weighted by molar-refractivity contribution is -0.138. The van der Waals surface area contributed by atoms with E-state index in [0.29, 0.717) is 37.2 Å². The van der Waals surface area contributed by atoms with Crippen molar-refractivity contribution >= 4 is 23.9 Å². The van der Waals surface area contributed by atoms with Crippen LogP contribution in [-0.2, 0) is 19.1 Å². The second kappa shape index (κ2) is 18.5. The molecule has 0 aromatic heterocycles. The normalized spacial score (nSPS) is 10.4. The molecule has 0 saturated heterocycles. The Bertz CT molecular complexity index is 1470. The molecule has 3 aromatic rings. The van der Waals surface area contributed by atoms with Crippen LogP contribution in [0.4, 0.5) is 17.6 Å². The summed E-state index contributed by atoms with van der Waals surface area (Å²) in [7, 11) is 0. The number of carbonyl (C=O) groups excluding carboxylic acids is 4. The molecular weight excluding hydrogens is 644 g/mol. The molecule has 0 saturated carbocycles. The Kier molecular flexibility index (Phi) is 14.2. The van der Waals surface area contributed by atoms with Gasteiger partial charge in [0.15, 0.2) is 0 Å². The number of halogens is 4. The first-order valence-corrected chi connectivity index (χ1v) is 14.4. The highest BCUT2D eigenvalue weighted by atomic mass is 19.2.